The van der Waals surface area contributed by atoms with Gasteiger partial charge in [0.15, 0.2) is 21.6 Å². The lowest BCUT2D eigenvalue weighted by Gasteiger charge is -2.56. The Labute approximate surface area is 256 Å². The molecule has 0 N–H and O–H groups in total. The Morgan fingerprint density at radius 2 is 0.833 bits per heavy atom. The average molecular weight is 591 g/mol. The quantitative estimate of drug-likeness (QED) is 0.306. The van der Waals surface area contributed by atoms with Gasteiger partial charge >= 0.3 is 0 Å². The zero-order chi connectivity index (χ0) is 28.3. The molecule has 0 spiro atoms. The van der Waals surface area contributed by atoms with E-state index in [0.717, 1.165) is 23.3 Å². The molecule has 4 saturated heterocycles. The summed E-state index contributed by atoms with van der Waals surface area (Å²) in [6.07, 6.45) is 7.42. The summed E-state index contributed by atoms with van der Waals surface area (Å²) in [7, 11) is 0. The second-order valence-electron chi connectivity index (χ2n) is 11.3. The first-order chi connectivity index (χ1) is 20.6. The fraction of sp³-hybridized carbons (Fsp3) is 0.250. The first-order valence-corrected chi connectivity index (χ1v) is 15.0. The molecule has 42 heavy (non-hydrogen) atoms. The van der Waals surface area contributed by atoms with Crippen molar-refractivity contribution in [2.75, 3.05) is 26.7 Å². The van der Waals surface area contributed by atoms with E-state index in [1.807, 2.05) is 24.8 Å². The van der Waals surface area contributed by atoms with E-state index in [9.17, 15) is 0 Å². The molecule has 0 atom stereocenters. The summed E-state index contributed by atoms with van der Waals surface area (Å²) < 4.78 is 0. The van der Waals surface area contributed by atoms with Gasteiger partial charge in [0.05, 0.1) is 26.7 Å². The molecule has 0 bridgehead atoms. The van der Waals surface area contributed by atoms with Gasteiger partial charge in [0.1, 0.15) is 0 Å². The van der Waals surface area contributed by atoms with Crippen LogP contribution in [0.1, 0.15) is 22.3 Å². The Balaban J connectivity index is 1.31. The van der Waals surface area contributed by atoms with Crippen LogP contribution < -0.4 is 0 Å². The van der Waals surface area contributed by atoms with E-state index in [1.165, 1.54) is 22.3 Å². The molecule has 8 rings (SSSR count). The number of aromatic nitrogens is 2. The summed E-state index contributed by atoms with van der Waals surface area (Å²) in [5.74, 6) is 0. The van der Waals surface area contributed by atoms with Crippen LogP contribution in [0.3, 0.4) is 0 Å². The molecule has 2 aromatic heterocycles. The third-order valence-electron chi connectivity index (χ3n) is 9.00. The monoisotopic (exact) mass is 590 g/mol. The van der Waals surface area contributed by atoms with E-state index in [4.69, 9.17) is 24.4 Å². The second kappa shape index (κ2) is 9.81. The topological polar surface area (TPSA) is 45.2 Å². The lowest BCUT2D eigenvalue weighted by molar-refractivity contribution is -0.162. The minimum absolute atomic E-state index is 0.638. The highest BCUT2D eigenvalue weighted by Crippen LogP contribution is 2.64. The molecular weight excluding hydrogens is 561 g/mol. The van der Waals surface area contributed by atoms with Gasteiger partial charge in [-0.2, -0.15) is 0 Å². The van der Waals surface area contributed by atoms with Crippen LogP contribution >= 0.6 is 24.4 Å². The zero-order valence-electron chi connectivity index (χ0n) is 23.0. The van der Waals surface area contributed by atoms with Gasteiger partial charge in [-0.05, 0) is 59.8 Å². The number of nitrogens with zero attached hydrogens (tertiary/aromatic N) is 8. The van der Waals surface area contributed by atoms with E-state index >= 15 is 0 Å². The molecule has 6 heterocycles. The summed E-state index contributed by atoms with van der Waals surface area (Å²) in [5, 5.41) is 1.66. The van der Waals surface area contributed by atoms with Crippen LogP contribution in [0, 0.1) is 0 Å². The average Bonchev–Trinajstić information content (AvgIpc) is 3.41. The molecule has 0 unspecified atom stereocenters. The normalized spacial score (nSPS) is 25.3. The summed E-state index contributed by atoms with van der Waals surface area (Å²) in [5.41, 5.74) is 3.53. The Kier molecular flexibility index (Phi) is 6.01. The summed E-state index contributed by atoms with van der Waals surface area (Å²) in [6.45, 7) is 4.27. The number of benzene rings is 2. The fourth-order valence-electron chi connectivity index (χ4n) is 7.49. The van der Waals surface area contributed by atoms with E-state index in [-0.39, 0.29) is 0 Å². The van der Waals surface area contributed by atoms with Crippen molar-refractivity contribution in [2.24, 2.45) is 0 Å². The van der Waals surface area contributed by atoms with Crippen LogP contribution in [-0.2, 0) is 24.4 Å². The number of rotatable bonds is 6. The third-order valence-corrected chi connectivity index (χ3v) is 9.88. The highest BCUT2D eigenvalue weighted by atomic mass is 32.1. The van der Waals surface area contributed by atoms with Crippen molar-refractivity contribution in [1.29, 1.82) is 0 Å². The van der Waals surface area contributed by atoms with E-state index in [1.54, 1.807) is 0 Å². The number of thiocarbonyl (C=S) groups is 2. The lowest BCUT2D eigenvalue weighted by Crippen LogP contribution is -2.70. The highest BCUT2D eigenvalue weighted by molar-refractivity contribution is 7.80. The molecule has 4 aromatic rings. The third kappa shape index (κ3) is 3.46. The molecule has 4 fully saturated rings. The summed E-state index contributed by atoms with van der Waals surface area (Å²) in [4.78, 5) is 23.0. The standard InChI is InChI=1S/C32H30N8S2/c41-29-37-21-35(19-25-11-15-33-16-12-25)22-38-30(42)40-24-36(20-26-13-17-34-18-14-26)23-39(29)32(40,28-9-5-2-6-10-28)31(37,38)27-7-3-1-4-8-27/h1-18H,19-24H2. The molecule has 10 heteroatoms. The van der Waals surface area contributed by atoms with Gasteiger partial charge in [0, 0.05) is 49.0 Å². The second-order valence-corrected chi connectivity index (χ2v) is 12.0. The fourth-order valence-corrected chi connectivity index (χ4v) is 8.25. The maximum Gasteiger partial charge on any atom is 0.193 e. The van der Waals surface area contributed by atoms with Crippen molar-refractivity contribution in [3.8, 4) is 0 Å². The van der Waals surface area contributed by atoms with Gasteiger partial charge in [-0.3, -0.25) is 19.8 Å². The van der Waals surface area contributed by atoms with Crippen molar-refractivity contribution < 1.29 is 0 Å². The molecule has 8 nitrogen and oxygen atoms in total. The van der Waals surface area contributed by atoms with Gasteiger partial charge < -0.3 is 19.6 Å². The number of hydrogen-bond acceptors (Lipinski definition) is 6. The molecule has 0 aliphatic carbocycles. The maximum atomic E-state index is 6.49. The van der Waals surface area contributed by atoms with Crippen molar-refractivity contribution in [2.45, 2.75) is 24.4 Å². The largest absolute Gasteiger partial charge is 0.305 e. The smallest absolute Gasteiger partial charge is 0.193 e. The van der Waals surface area contributed by atoms with Crippen LogP contribution in [0.5, 0.6) is 0 Å². The SMILES string of the molecule is S=C1N2CN(Cc3ccncc3)CN3C(=S)N4CN(Cc5ccncc5)CN1C4(c1ccccc1)C23c1ccccc1. The van der Waals surface area contributed by atoms with Crippen LogP contribution in [0.15, 0.2) is 110 Å². The predicted molar refractivity (Wildman–Crippen MR) is 168 cm³/mol. The number of hydrogen-bond donors (Lipinski definition) is 0. The predicted octanol–water partition coefficient (Wildman–Crippen LogP) is 4.15. The maximum absolute atomic E-state index is 6.49. The minimum Gasteiger partial charge on any atom is -0.305 e. The van der Waals surface area contributed by atoms with Gasteiger partial charge in [-0.1, -0.05) is 60.7 Å². The first kappa shape index (κ1) is 25.7. The van der Waals surface area contributed by atoms with Gasteiger partial charge in [-0.25, -0.2) is 0 Å². The first-order valence-electron chi connectivity index (χ1n) is 14.2. The Hall–Kier alpha value is -3.96. The van der Waals surface area contributed by atoms with Gasteiger partial charge in [-0.15, -0.1) is 0 Å². The summed E-state index contributed by atoms with van der Waals surface area (Å²) >= 11 is 13.0. The highest BCUT2D eigenvalue weighted by Gasteiger charge is 2.80. The molecule has 0 amide bonds. The van der Waals surface area contributed by atoms with Crippen molar-refractivity contribution in [3.05, 3.63) is 132 Å². The Bertz CT molecular complexity index is 1470. The minimum atomic E-state index is -0.638. The van der Waals surface area contributed by atoms with E-state index in [0.29, 0.717) is 26.7 Å². The van der Waals surface area contributed by atoms with Crippen molar-refractivity contribution in [3.63, 3.8) is 0 Å². The Morgan fingerprint density at radius 1 is 0.500 bits per heavy atom. The van der Waals surface area contributed by atoms with Crippen LogP contribution in [0.4, 0.5) is 0 Å². The summed E-state index contributed by atoms with van der Waals surface area (Å²) in [6, 6.07) is 30.0. The molecule has 2 aromatic carbocycles. The van der Waals surface area contributed by atoms with Crippen LogP contribution in [0.25, 0.3) is 0 Å². The molecule has 210 valence electrons. The van der Waals surface area contributed by atoms with Gasteiger partial charge in [0.25, 0.3) is 0 Å². The molecule has 4 aliphatic rings. The molecular formula is C32H30N8S2. The van der Waals surface area contributed by atoms with Crippen molar-refractivity contribution in [1.82, 2.24) is 39.4 Å². The van der Waals surface area contributed by atoms with Crippen LogP contribution in [0.2, 0.25) is 0 Å². The van der Waals surface area contributed by atoms with E-state index in [2.05, 4.69) is 124 Å². The van der Waals surface area contributed by atoms with Crippen molar-refractivity contribution >= 4 is 34.7 Å². The zero-order valence-corrected chi connectivity index (χ0v) is 24.7. The lowest BCUT2D eigenvalue weighted by atomic mass is 9.79. The van der Waals surface area contributed by atoms with Crippen LogP contribution in [-0.4, -0.2) is 76.3 Å². The van der Waals surface area contributed by atoms with E-state index < -0.39 is 11.3 Å². The molecule has 4 aliphatic heterocycles. The molecule has 0 radical (unpaired) electrons. The Morgan fingerprint density at radius 3 is 1.17 bits per heavy atom. The van der Waals surface area contributed by atoms with Gasteiger partial charge in [0.2, 0.25) is 0 Å². The number of pyridine rings is 2. The molecule has 0 saturated carbocycles.